The zero-order chi connectivity index (χ0) is 14.5. The van der Waals surface area contributed by atoms with Gasteiger partial charge in [0.15, 0.2) is 5.82 Å². The van der Waals surface area contributed by atoms with Gasteiger partial charge in [-0.05, 0) is 30.5 Å². The molecule has 2 heterocycles. The molecule has 0 aliphatic carbocycles. The maximum Gasteiger partial charge on any atom is 0.226 e. The van der Waals surface area contributed by atoms with Crippen LogP contribution in [0, 0.1) is 0 Å². The van der Waals surface area contributed by atoms with Gasteiger partial charge in [-0.3, -0.25) is 0 Å². The van der Waals surface area contributed by atoms with Gasteiger partial charge in [0, 0.05) is 29.8 Å². The van der Waals surface area contributed by atoms with E-state index in [-0.39, 0.29) is 0 Å². The summed E-state index contributed by atoms with van der Waals surface area (Å²) in [5.41, 5.74) is 2.24. The predicted octanol–water partition coefficient (Wildman–Crippen LogP) is 3.21. The molecule has 1 aromatic carbocycles. The molecule has 0 saturated heterocycles. The van der Waals surface area contributed by atoms with E-state index in [0.29, 0.717) is 18.1 Å². The summed E-state index contributed by atoms with van der Waals surface area (Å²) in [6.45, 7) is 0. The van der Waals surface area contributed by atoms with Gasteiger partial charge < -0.3 is 9.51 Å². The van der Waals surface area contributed by atoms with Crippen molar-refractivity contribution in [1.82, 2.24) is 20.1 Å². The molecule has 108 valence electrons. The first-order chi connectivity index (χ1) is 10.3. The third-order valence-electron chi connectivity index (χ3n) is 3.18. The van der Waals surface area contributed by atoms with Crippen LogP contribution in [0.1, 0.15) is 29.4 Å². The Morgan fingerprint density at radius 3 is 2.76 bits per heavy atom. The Morgan fingerprint density at radius 2 is 2.00 bits per heavy atom. The van der Waals surface area contributed by atoms with E-state index < -0.39 is 0 Å². The van der Waals surface area contributed by atoms with E-state index in [9.17, 15) is 0 Å². The smallest absolute Gasteiger partial charge is 0.226 e. The van der Waals surface area contributed by atoms with Crippen LogP contribution in [0.15, 0.2) is 41.3 Å². The molecule has 0 amide bonds. The molecule has 3 rings (SSSR count). The van der Waals surface area contributed by atoms with Crippen molar-refractivity contribution in [1.29, 1.82) is 0 Å². The number of H-pyrrole nitrogens is 1. The Hall–Kier alpha value is -2.14. The van der Waals surface area contributed by atoms with Crippen LogP contribution in [-0.4, -0.2) is 20.1 Å². The van der Waals surface area contributed by atoms with E-state index in [2.05, 4.69) is 20.1 Å². The number of hydrogen-bond donors (Lipinski definition) is 1. The van der Waals surface area contributed by atoms with Crippen molar-refractivity contribution in [3.63, 3.8) is 0 Å². The molecule has 0 fully saturated rings. The van der Waals surface area contributed by atoms with Crippen molar-refractivity contribution in [2.45, 2.75) is 25.7 Å². The maximum atomic E-state index is 5.86. The third-order valence-corrected chi connectivity index (χ3v) is 3.43. The number of halogens is 1. The second-order valence-corrected chi connectivity index (χ2v) is 5.27. The highest BCUT2D eigenvalue weighted by Gasteiger charge is 2.07. The average Bonchev–Trinajstić information content (AvgIpc) is 3.14. The number of rotatable bonds is 6. The van der Waals surface area contributed by atoms with Gasteiger partial charge in [-0.2, -0.15) is 4.98 Å². The molecule has 6 heteroatoms. The van der Waals surface area contributed by atoms with Crippen molar-refractivity contribution < 1.29 is 4.52 Å². The van der Waals surface area contributed by atoms with Crippen LogP contribution in [0.5, 0.6) is 0 Å². The lowest BCUT2D eigenvalue weighted by Gasteiger charge is -1.96. The third kappa shape index (κ3) is 3.92. The monoisotopic (exact) mass is 302 g/mol. The minimum atomic E-state index is 0.654. The lowest BCUT2D eigenvalue weighted by molar-refractivity contribution is 0.371. The predicted molar refractivity (Wildman–Crippen MR) is 79.2 cm³/mol. The van der Waals surface area contributed by atoms with Crippen molar-refractivity contribution in [3.8, 4) is 0 Å². The number of aryl methyl sites for hydroxylation is 2. The summed E-state index contributed by atoms with van der Waals surface area (Å²) in [6, 6.07) is 7.66. The van der Waals surface area contributed by atoms with E-state index in [1.165, 1.54) is 0 Å². The minimum Gasteiger partial charge on any atom is -0.348 e. The maximum absolute atomic E-state index is 5.86. The Bertz CT molecular complexity index is 676. The molecule has 0 radical (unpaired) electrons. The summed E-state index contributed by atoms with van der Waals surface area (Å²) in [4.78, 5) is 11.5. The van der Waals surface area contributed by atoms with Crippen LogP contribution in [0.4, 0.5) is 0 Å². The zero-order valence-electron chi connectivity index (χ0n) is 11.4. The first-order valence-corrected chi connectivity index (χ1v) is 7.20. The van der Waals surface area contributed by atoms with Crippen molar-refractivity contribution in [2.24, 2.45) is 0 Å². The topological polar surface area (TPSA) is 67.6 Å². The van der Waals surface area contributed by atoms with Gasteiger partial charge in [0.1, 0.15) is 0 Å². The van der Waals surface area contributed by atoms with Gasteiger partial charge in [-0.1, -0.05) is 28.9 Å². The summed E-state index contributed by atoms with van der Waals surface area (Å²) < 4.78 is 5.27. The summed E-state index contributed by atoms with van der Waals surface area (Å²) in [5, 5.41) is 4.74. The summed E-state index contributed by atoms with van der Waals surface area (Å²) in [5.74, 6) is 1.38. The number of nitrogens with zero attached hydrogens (tertiary/aromatic N) is 3. The molecular formula is C15H15ClN4O. The summed E-state index contributed by atoms with van der Waals surface area (Å²) in [7, 11) is 0. The molecule has 2 aromatic heterocycles. The normalized spacial score (nSPS) is 10.9. The number of nitrogens with one attached hydrogen (secondary N) is 1. The van der Waals surface area contributed by atoms with E-state index in [4.69, 9.17) is 16.1 Å². The molecule has 0 unspecified atom stereocenters. The van der Waals surface area contributed by atoms with Crippen LogP contribution < -0.4 is 0 Å². The van der Waals surface area contributed by atoms with Crippen molar-refractivity contribution in [3.05, 3.63) is 64.8 Å². The molecule has 0 aliphatic rings. The molecule has 0 saturated carbocycles. The van der Waals surface area contributed by atoms with Crippen LogP contribution in [0.3, 0.4) is 0 Å². The fourth-order valence-corrected chi connectivity index (χ4v) is 2.23. The van der Waals surface area contributed by atoms with Crippen molar-refractivity contribution in [2.75, 3.05) is 0 Å². The fraction of sp³-hybridized carbons (Fsp3) is 0.267. The van der Waals surface area contributed by atoms with Gasteiger partial charge >= 0.3 is 0 Å². The first-order valence-electron chi connectivity index (χ1n) is 6.83. The molecule has 21 heavy (non-hydrogen) atoms. The van der Waals surface area contributed by atoms with Gasteiger partial charge in [-0.25, -0.2) is 4.98 Å². The molecule has 0 spiro atoms. The average molecular weight is 303 g/mol. The van der Waals surface area contributed by atoms with Crippen LogP contribution in [0.2, 0.25) is 5.02 Å². The first kappa shape index (κ1) is 13.8. The van der Waals surface area contributed by atoms with Gasteiger partial charge in [0.25, 0.3) is 0 Å². The second-order valence-electron chi connectivity index (χ2n) is 4.84. The lowest BCUT2D eigenvalue weighted by atomic mass is 10.1. The number of hydrogen-bond acceptors (Lipinski definition) is 4. The molecule has 3 aromatic rings. The van der Waals surface area contributed by atoms with E-state index in [1.807, 2.05) is 30.5 Å². The van der Waals surface area contributed by atoms with Gasteiger partial charge in [-0.15, -0.1) is 0 Å². The second kappa shape index (κ2) is 6.54. The highest BCUT2D eigenvalue weighted by Crippen LogP contribution is 2.13. The lowest BCUT2D eigenvalue weighted by Crippen LogP contribution is -1.93. The SMILES string of the molecule is Clc1ccc(Cc2noc(CCCc3cnc[nH]3)n2)cc1. The van der Waals surface area contributed by atoms with Gasteiger partial charge in [0.05, 0.1) is 6.33 Å². The van der Waals surface area contributed by atoms with Crippen molar-refractivity contribution >= 4 is 11.6 Å². The standard InChI is InChI=1S/C15H15ClN4O/c16-12-6-4-11(5-7-12)8-14-19-15(21-20-14)3-1-2-13-9-17-10-18-13/h4-7,9-10H,1-3,8H2,(H,17,18). The number of benzene rings is 1. The van der Waals surface area contributed by atoms with E-state index in [1.54, 1.807) is 6.33 Å². The zero-order valence-corrected chi connectivity index (χ0v) is 12.2. The Labute approximate surface area is 127 Å². The highest BCUT2D eigenvalue weighted by molar-refractivity contribution is 6.30. The number of aromatic amines is 1. The Kier molecular flexibility index (Phi) is 4.31. The minimum absolute atomic E-state index is 0.654. The van der Waals surface area contributed by atoms with Crippen LogP contribution in [0.25, 0.3) is 0 Å². The molecule has 0 aliphatic heterocycles. The molecule has 5 nitrogen and oxygen atoms in total. The van der Waals surface area contributed by atoms with E-state index >= 15 is 0 Å². The highest BCUT2D eigenvalue weighted by atomic mass is 35.5. The van der Waals surface area contributed by atoms with E-state index in [0.717, 1.165) is 35.5 Å². The fourth-order valence-electron chi connectivity index (χ4n) is 2.10. The molecular weight excluding hydrogens is 288 g/mol. The quantitative estimate of drug-likeness (QED) is 0.759. The van der Waals surface area contributed by atoms with Crippen LogP contribution >= 0.6 is 11.6 Å². The Morgan fingerprint density at radius 1 is 1.14 bits per heavy atom. The Balaban J connectivity index is 1.52. The molecule has 0 bridgehead atoms. The molecule has 0 atom stereocenters. The summed E-state index contributed by atoms with van der Waals surface area (Å²) in [6.07, 6.45) is 6.82. The molecule has 1 N–H and O–H groups in total. The number of aromatic nitrogens is 4. The van der Waals surface area contributed by atoms with Gasteiger partial charge in [0.2, 0.25) is 5.89 Å². The number of imidazole rings is 1. The largest absolute Gasteiger partial charge is 0.348 e. The summed E-state index contributed by atoms with van der Waals surface area (Å²) >= 11 is 5.86. The van der Waals surface area contributed by atoms with Crippen LogP contribution in [-0.2, 0) is 19.3 Å².